The molecule has 1 aromatic rings. The third kappa shape index (κ3) is 3.68. The summed E-state index contributed by atoms with van der Waals surface area (Å²) in [5.41, 5.74) is 0. The average molecular weight is 249 g/mol. The number of carbonyl (C=O) groups is 1. The second-order valence-electron chi connectivity index (χ2n) is 4.56. The van der Waals surface area contributed by atoms with Crippen LogP contribution in [0.3, 0.4) is 0 Å². The van der Waals surface area contributed by atoms with Crippen LogP contribution in [-0.4, -0.2) is 28.0 Å². The molecular weight excluding hydrogens is 230 g/mol. The molecule has 0 radical (unpaired) electrons. The first-order valence-electron chi connectivity index (χ1n) is 6.50. The summed E-state index contributed by atoms with van der Waals surface area (Å²) in [6, 6.07) is 0.305. The Morgan fingerprint density at radius 1 is 1.39 bits per heavy atom. The molecule has 18 heavy (non-hydrogen) atoms. The van der Waals surface area contributed by atoms with E-state index < -0.39 is 0 Å². The number of aromatic nitrogens is 2. The first-order valence-corrected chi connectivity index (χ1v) is 6.50. The van der Waals surface area contributed by atoms with Gasteiger partial charge < -0.3 is 10.1 Å². The normalized spacial score (nSPS) is 23.4. The number of carbonyl (C=O) groups excluding carboxylic acids is 1. The number of nitrogens with one attached hydrogen (secondary N) is 1. The van der Waals surface area contributed by atoms with Crippen LogP contribution in [0.5, 0.6) is 5.88 Å². The highest BCUT2D eigenvalue weighted by Gasteiger charge is 2.23. The van der Waals surface area contributed by atoms with Crippen LogP contribution in [-0.2, 0) is 4.79 Å². The maximum absolute atomic E-state index is 11.3. The van der Waals surface area contributed by atoms with Crippen LogP contribution in [0.25, 0.3) is 0 Å². The Kier molecular flexibility index (Phi) is 4.50. The molecule has 0 saturated heterocycles. The molecule has 1 amide bonds. The molecule has 5 nitrogen and oxygen atoms in total. The van der Waals surface area contributed by atoms with Crippen molar-refractivity contribution < 1.29 is 9.53 Å². The monoisotopic (exact) mass is 249 g/mol. The van der Waals surface area contributed by atoms with Crippen LogP contribution < -0.4 is 10.1 Å². The molecule has 98 valence electrons. The van der Waals surface area contributed by atoms with Gasteiger partial charge in [0.1, 0.15) is 6.10 Å². The summed E-state index contributed by atoms with van der Waals surface area (Å²) in [5.74, 6) is 0.715. The maximum atomic E-state index is 11.3. The number of hydrogen-bond acceptors (Lipinski definition) is 4. The SMILES string of the molecule is CCC(=O)NC1CCC(Oc2cnccn2)CC1. The second-order valence-corrected chi connectivity index (χ2v) is 4.56. The predicted molar refractivity (Wildman–Crippen MR) is 67.1 cm³/mol. The molecule has 0 atom stereocenters. The van der Waals surface area contributed by atoms with E-state index in [1.165, 1.54) is 0 Å². The smallest absolute Gasteiger partial charge is 0.232 e. The van der Waals surface area contributed by atoms with Crippen molar-refractivity contribution in [3.05, 3.63) is 18.6 Å². The van der Waals surface area contributed by atoms with Crippen molar-refractivity contribution in [3.8, 4) is 5.88 Å². The fraction of sp³-hybridized carbons (Fsp3) is 0.615. The van der Waals surface area contributed by atoms with Crippen molar-refractivity contribution in [1.82, 2.24) is 15.3 Å². The fourth-order valence-corrected chi connectivity index (χ4v) is 2.17. The molecule has 1 aliphatic carbocycles. The van der Waals surface area contributed by atoms with Gasteiger partial charge in [0, 0.05) is 24.9 Å². The molecule has 1 saturated carbocycles. The van der Waals surface area contributed by atoms with E-state index in [0.29, 0.717) is 18.3 Å². The summed E-state index contributed by atoms with van der Waals surface area (Å²) in [5, 5.41) is 3.03. The van der Waals surface area contributed by atoms with Gasteiger partial charge in [0.05, 0.1) is 6.20 Å². The zero-order chi connectivity index (χ0) is 12.8. The van der Waals surface area contributed by atoms with Crippen LogP contribution in [0.1, 0.15) is 39.0 Å². The fourth-order valence-electron chi connectivity index (χ4n) is 2.17. The average Bonchev–Trinajstić information content (AvgIpc) is 2.42. The van der Waals surface area contributed by atoms with Gasteiger partial charge in [-0.15, -0.1) is 0 Å². The highest BCUT2D eigenvalue weighted by Crippen LogP contribution is 2.22. The van der Waals surface area contributed by atoms with Gasteiger partial charge in [0.2, 0.25) is 11.8 Å². The van der Waals surface area contributed by atoms with Gasteiger partial charge in [0.15, 0.2) is 0 Å². The quantitative estimate of drug-likeness (QED) is 0.882. The molecule has 2 rings (SSSR count). The van der Waals surface area contributed by atoms with Crippen LogP contribution in [0.4, 0.5) is 0 Å². The molecule has 5 heteroatoms. The van der Waals surface area contributed by atoms with Gasteiger partial charge in [-0.3, -0.25) is 9.78 Å². The molecule has 0 aromatic carbocycles. The topological polar surface area (TPSA) is 64.1 Å². The minimum absolute atomic E-state index is 0.133. The first kappa shape index (κ1) is 12.8. The number of ether oxygens (including phenoxy) is 1. The summed E-state index contributed by atoms with van der Waals surface area (Å²) >= 11 is 0. The molecule has 1 N–H and O–H groups in total. The molecular formula is C13H19N3O2. The minimum Gasteiger partial charge on any atom is -0.473 e. The molecule has 1 heterocycles. The highest BCUT2D eigenvalue weighted by molar-refractivity contribution is 5.75. The van der Waals surface area contributed by atoms with E-state index in [1.807, 2.05) is 6.92 Å². The van der Waals surface area contributed by atoms with Crippen LogP contribution in [0.15, 0.2) is 18.6 Å². The van der Waals surface area contributed by atoms with Gasteiger partial charge >= 0.3 is 0 Å². The van der Waals surface area contributed by atoms with Crippen molar-refractivity contribution in [2.45, 2.75) is 51.2 Å². The summed E-state index contributed by atoms with van der Waals surface area (Å²) < 4.78 is 5.75. The number of nitrogens with zero attached hydrogens (tertiary/aromatic N) is 2. The first-order chi connectivity index (χ1) is 8.78. The Hall–Kier alpha value is -1.65. The third-order valence-corrected chi connectivity index (χ3v) is 3.19. The van der Waals surface area contributed by atoms with Gasteiger partial charge in [-0.2, -0.15) is 0 Å². The summed E-state index contributed by atoms with van der Waals surface area (Å²) in [6.07, 6.45) is 9.47. The highest BCUT2D eigenvalue weighted by atomic mass is 16.5. The van der Waals surface area contributed by atoms with Gasteiger partial charge in [-0.05, 0) is 25.7 Å². The van der Waals surface area contributed by atoms with E-state index >= 15 is 0 Å². The lowest BCUT2D eigenvalue weighted by Crippen LogP contribution is -2.39. The summed E-state index contributed by atoms with van der Waals surface area (Å²) in [7, 11) is 0. The van der Waals surface area contributed by atoms with E-state index in [0.717, 1.165) is 25.7 Å². The molecule has 1 aliphatic rings. The summed E-state index contributed by atoms with van der Waals surface area (Å²) in [4.78, 5) is 19.4. The standard InChI is InChI=1S/C13H19N3O2/c1-2-12(17)16-10-3-5-11(6-4-10)18-13-9-14-7-8-15-13/h7-11H,2-6H2,1H3,(H,16,17). The van der Waals surface area contributed by atoms with Crippen molar-refractivity contribution in [1.29, 1.82) is 0 Å². The van der Waals surface area contributed by atoms with Crippen LogP contribution >= 0.6 is 0 Å². The Bertz CT molecular complexity index is 375. The number of amides is 1. The van der Waals surface area contributed by atoms with Gasteiger partial charge in [-0.25, -0.2) is 4.98 Å². The number of rotatable bonds is 4. The third-order valence-electron chi connectivity index (χ3n) is 3.19. The van der Waals surface area contributed by atoms with Crippen molar-refractivity contribution >= 4 is 5.91 Å². The zero-order valence-electron chi connectivity index (χ0n) is 10.6. The molecule has 1 fully saturated rings. The predicted octanol–water partition coefficient (Wildman–Crippen LogP) is 1.69. The van der Waals surface area contributed by atoms with Crippen molar-refractivity contribution in [2.24, 2.45) is 0 Å². The largest absolute Gasteiger partial charge is 0.473 e. The lowest BCUT2D eigenvalue weighted by molar-refractivity contribution is -0.121. The summed E-state index contributed by atoms with van der Waals surface area (Å²) in [6.45, 7) is 1.87. The minimum atomic E-state index is 0.133. The Morgan fingerprint density at radius 2 is 2.17 bits per heavy atom. The Balaban J connectivity index is 1.75. The van der Waals surface area contributed by atoms with E-state index in [-0.39, 0.29) is 12.0 Å². The Morgan fingerprint density at radius 3 is 2.78 bits per heavy atom. The van der Waals surface area contributed by atoms with Crippen LogP contribution in [0.2, 0.25) is 0 Å². The molecule has 0 unspecified atom stereocenters. The van der Waals surface area contributed by atoms with E-state index in [1.54, 1.807) is 18.6 Å². The molecule has 0 spiro atoms. The molecule has 0 bridgehead atoms. The zero-order valence-corrected chi connectivity index (χ0v) is 10.6. The lowest BCUT2D eigenvalue weighted by atomic mass is 9.93. The van der Waals surface area contributed by atoms with Crippen molar-refractivity contribution in [2.75, 3.05) is 0 Å². The van der Waals surface area contributed by atoms with Gasteiger partial charge in [-0.1, -0.05) is 6.92 Å². The molecule has 0 aliphatic heterocycles. The van der Waals surface area contributed by atoms with Crippen molar-refractivity contribution in [3.63, 3.8) is 0 Å². The second kappa shape index (κ2) is 6.33. The maximum Gasteiger partial charge on any atom is 0.232 e. The van der Waals surface area contributed by atoms with E-state index in [2.05, 4.69) is 15.3 Å². The Labute approximate surface area is 107 Å². The van der Waals surface area contributed by atoms with Gasteiger partial charge in [0.25, 0.3) is 0 Å². The number of hydrogen-bond donors (Lipinski definition) is 1. The van der Waals surface area contributed by atoms with E-state index in [4.69, 9.17) is 4.74 Å². The lowest BCUT2D eigenvalue weighted by Gasteiger charge is -2.29. The van der Waals surface area contributed by atoms with E-state index in [9.17, 15) is 4.79 Å². The van der Waals surface area contributed by atoms with Crippen LogP contribution in [0, 0.1) is 0 Å². The molecule has 1 aromatic heterocycles.